The zero-order valence-electron chi connectivity index (χ0n) is 29.0. The maximum absolute atomic E-state index is 5.74. The Morgan fingerprint density at radius 1 is 0.620 bits per heavy atom. The van der Waals surface area contributed by atoms with Crippen molar-refractivity contribution in [3.05, 3.63) is 119 Å². The molecule has 0 radical (unpaired) electrons. The molecule has 3 aliphatic heterocycles. The number of hydrogen-bond donors (Lipinski definition) is 0. The lowest BCUT2D eigenvalue weighted by Gasteiger charge is -2.28. The summed E-state index contributed by atoms with van der Waals surface area (Å²) in [6.45, 7) is 4.47. The van der Waals surface area contributed by atoms with Gasteiger partial charge in [-0.3, -0.25) is 0 Å². The van der Waals surface area contributed by atoms with Crippen LogP contribution < -0.4 is 20.4 Å². The molecule has 50 heavy (non-hydrogen) atoms. The first kappa shape index (κ1) is 31.1. The lowest BCUT2D eigenvalue weighted by atomic mass is 9.88. The summed E-state index contributed by atoms with van der Waals surface area (Å²) in [5, 5.41) is 2.29. The van der Waals surface area contributed by atoms with Crippen LogP contribution in [0, 0.1) is 0 Å². The molecule has 4 heterocycles. The first-order valence-corrected chi connectivity index (χ1v) is 18.9. The van der Waals surface area contributed by atoms with Crippen LogP contribution in [0.3, 0.4) is 0 Å². The zero-order chi connectivity index (χ0) is 33.8. The molecule has 9 rings (SSSR count). The lowest BCUT2D eigenvalue weighted by molar-refractivity contribution is 0.745. The topological polar surface area (TPSA) is 44.6 Å². The van der Waals surface area contributed by atoms with E-state index < -0.39 is 0 Å². The molecule has 0 bridgehead atoms. The Bertz CT molecular complexity index is 2400. The average Bonchev–Trinajstić information content (AvgIpc) is 3.17. The summed E-state index contributed by atoms with van der Waals surface area (Å²) in [5.41, 5.74) is 17.3. The molecule has 0 saturated heterocycles. The Kier molecular flexibility index (Phi) is 7.92. The highest BCUT2D eigenvalue weighted by Gasteiger charge is 2.26. The Morgan fingerprint density at radius 3 is 1.68 bits per heavy atom. The van der Waals surface area contributed by atoms with Crippen molar-refractivity contribution in [1.29, 1.82) is 0 Å². The largest absolute Gasteiger partial charge is 0.374 e. The molecule has 0 unspecified atom stereocenters. The summed E-state index contributed by atoms with van der Waals surface area (Å²) in [6.07, 6.45) is 5.43. The molecule has 3 aliphatic rings. The van der Waals surface area contributed by atoms with Crippen LogP contribution in [0.1, 0.15) is 37.3 Å². The minimum Gasteiger partial charge on any atom is -0.374 e. The molecule has 1 aromatic heterocycles. The molecule has 248 valence electrons. The highest BCUT2D eigenvalue weighted by molar-refractivity contribution is 7.98. The predicted molar refractivity (Wildman–Crippen MR) is 211 cm³/mol. The van der Waals surface area contributed by atoms with Crippen molar-refractivity contribution in [2.24, 2.45) is 4.40 Å². The quantitative estimate of drug-likeness (QED) is 0.171. The van der Waals surface area contributed by atoms with Crippen LogP contribution in [0.2, 0.25) is 0 Å². The van der Waals surface area contributed by atoms with Gasteiger partial charge in [-0.15, -0.1) is 0 Å². The number of rotatable bonds is 5. The monoisotopic (exact) mass is 671 g/mol. The lowest BCUT2D eigenvalue weighted by Crippen LogP contribution is -2.35. The first-order chi connectivity index (χ1) is 24.6. The summed E-state index contributed by atoms with van der Waals surface area (Å²) in [7, 11) is 4.42. The molecule has 0 amide bonds. The minimum atomic E-state index is 0.880. The van der Waals surface area contributed by atoms with Gasteiger partial charge in [0.1, 0.15) is 5.52 Å². The third kappa shape index (κ3) is 5.20. The molecule has 0 saturated carbocycles. The van der Waals surface area contributed by atoms with E-state index in [-0.39, 0.29) is 0 Å². The Hall–Kier alpha value is -4.94. The van der Waals surface area contributed by atoms with Gasteiger partial charge in [0.25, 0.3) is 0 Å². The van der Waals surface area contributed by atoms with Gasteiger partial charge < -0.3 is 9.80 Å². The molecular formula is C44H41N5S. The third-order valence-corrected chi connectivity index (χ3v) is 11.6. The van der Waals surface area contributed by atoms with E-state index in [0.29, 0.717) is 0 Å². The van der Waals surface area contributed by atoms with Gasteiger partial charge in [0.2, 0.25) is 0 Å². The van der Waals surface area contributed by atoms with Crippen LogP contribution >= 0.6 is 11.9 Å². The van der Waals surface area contributed by atoms with Crippen molar-refractivity contribution in [3.63, 3.8) is 0 Å². The number of aromatic nitrogens is 2. The highest BCUT2D eigenvalue weighted by atomic mass is 32.2. The van der Waals surface area contributed by atoms with E-state index in [1.807, 2.05) is 0 Å². The zero-order valence-corrected chi connectivity index (χ0v) is 29.9. The van der Waals surface area contributed by atoms with Gasteiger partial charge in [-0.05, 0) is 96.1 Å². The molecule has 0 fully saturated rings. The van der Waals surface area contributed by atoms with Crippen LogP contribution in [-0.2, 0) is 12.8 Å². The van der Waals surface area contributed by atoms with E-state index >= 15 is 0 Å². The van der Waals surface area contributed by atoms with Crippen LogP contribution in [0.4, 0.5) is 11.4 Å². The fourth-order valence-corrected chi connectivity index (χ4v) is 9.13. The number of aryl methyl sites for hydroxylation is 2. The van der Waals surface area contributed by atoms with Gasteiger partial charge in [0.15, 0.2) is 0 Å². The second-order valence-electron chi connectivity index (χ2n) is 13.9. The predicted octanol–water partition coefficient (Wildman–Crippen LogP) is 8.90. The SMILES string of the molecule is CCC1=c2c(-c3ccc4c(c3)CCCN4C)c3nc(-c4ccccc4)c(-c4ccccc4)nc3c(-c3ccc4c(c3)CCCN4C)c2=NSC1. The summed E-state index contributed by atoms with van der Waals surface area (Å²) in [4.78, 5) is 16.2. The van der Waals surface area contributed by atoms with Crippen molar-refractivity contribution in [3.8, 4) is 44.8 Å². The summed E-state index contributed by atoms with van der Waals surface area (Å²) in [5.74, 6) is 0.880. The van der Waals surface area contributed by atoms with Crippen LogP contribution in [-0.4, -0.2) is 42.9 Å². The van der Waals surface area contributed by atoms with Gasteiger partial charge >= 0.3 is 0 Å². The van der Waals surface area contributed by atoms with Crippen molar-refractivity contribution < 1.29 is 0 Å². The van der Waals surface area contributed by atoms with E-state index in [9.17, 15) is 0 Å². The van der Waals surface area contributed by atoms with Gasteiger partial charge in [-0.2, -0.15) is 0 Å². The molecule has 5 aromatic carbocycles. The third-order valence-electron chi connectivity index (χ3n) is 10.8. The summed E-state index contributed by atoms with van der Waals surface area (Å²) < 4.78 is 5.32. The van der Waals surface area contributed by atoms with Crippen molar-refractivity contribution in [2.75, 3.05) is 42.7 Å². The smallest absolute Gasteiger partial charge is 0.100 e. The molecular weight excluding hydrogens is 631 g/mol. The molecule has 0 aliphatic carbocycles. The normalized spacial score (nSPS) is 15.4. The van der Waals surface area contributed by atoms with Crippen molar-refractivity contribution >= 4 is 39.9 Å². The average molecular weight is 672 g/mol. The Morgan fingerprint density at radius 2 is 1.14 bits per heavy atom. The van der Waals surface area contributed by atoms with E-state index in [2.05, 4.69) is 128 Å². The Labute approximate surface area is 298 Å². The Balaban J connectivity index is 1.46. The van der Waals surface area contributed by atoms with Crippen molar-refractivity contribution in [1.82, 2.24) is 9.97 Å². The molecule has 6 aromatic rings. The van der Waals surface area contributed by atoms with Gasteiger partial charge in [-0.1, -0.05) is 79.7 Å². The second-order valence-corrected chi connectivity index (χ2v) is 14.6. The second kappa shape index (κ2) is 12.7. The number of nitrogens with zero attached hydrogens (tertiary/aromatic N) is 5. The van der Waals surface area contributed by atoms with E-state index in [1.165, 1.54) is 44.4 Å². The van der Waals surface area contributed by atoms with Crippen LogP contribution in [0.5, 0.6) is 0 Å². The van der Waals surface area contributed by atoms with Gasteiger partial charge in [0, 0.05) is 71.8 Å². The minimum absolute atomic E-state index is 0.880. The standard InChI is InChI=1S/C44H41N5S/c1-4-28-27-50-47-42-37(28)38(33-19-21-35-31(25-33)17-11-23-48(35)2)43-44(39(42)34-20-22-36-32(26-34)18-12-24-49(36)3)46-41(30-15-9-6-10-16-30)40(45-43)29-13-7-5-8-14-29/h5-10,13-16,19-22,25-26H,4,11-12,17-18,23-24,27H2,1-3H3. The highest BCUT2D eigenvalue weighted by Crippen LogP contribution is 2.40. The van der Waals surface area contributed by atoms with E-state index in [1.54, 1.807) is 11.9 Å². The maximum Gasteiger partial charge on any atom is 0.100 e. The fraction of sp³-hybridized carbons (Fsp3) is 0.250. The van der Waals surface area contributed by atoms with Gasteiger partial charge in [-0.25, -0.2) is 14.4 Å². The summed E-state index contributed by atoms with van der Waals surface area (Å²) >= 11 is 1.67. The van der Waals surface area contributed by atoms with Gasteiger partial charge in [0.05, 0.1) is 22.3 Å². The fourth-order valence-electron chi connectivity index (χ4n) is 8.25. The molecule has 5 nitrogen and oxygen atoms in total. The van der Waals surface area contributed by atoms with Crippen molar-refractivity contribution in [2.45, 2.75) is 39.0 Å². The number of fused-ring (bicyclic) bond motifs is 4. The van der Waals surface area contributed by atoms with E-state index in [4.69, 9.17) is 14.4 Å². The number of benzene rings is 5. The number of hydrogen-bond acceptors (Lipinski definition) is 6. The maximum atomic E-state index is 5.74. The first-order valence-electron chi connectivity index (χ1n) is 18.0. The molecule has 0 spiro atoms. The molecule has 0 atom stereocenters. The molecule has 0 N–H and O–H groups in total. The summed E-state index contributed by atoms with van der Waals surface area (Å²) in [6, 6.07) is 35.2. The number of anilines is 2. The van der Waals surface area contributed by atoms with Crippen LogP contribution in [0.25, 0.3) is 61.4 Å². The van der Waals surface area contributed by atoms with Crippen LogP contribution in [0.15, 0.2) is 101 Å². The molecule has 6 heteroatoms. The van der Waals surface area contributed by atoms with E-state index in [0.717, 1.165) is 101 Å².